The highest BCUT2D eigenvalue weighted by Gasteiger charge is 2.39. The fraction of sp³-hybridized carbons (Fsp3) is 0.0217. The number of aromatic nitrogens is 3. The van der Waals surface area contributed by atoms with E-state index in [1.807, 2.05) is 0 Å². The van der Waals surface area contributed by atoms with Crippen molar-refractivity contribution < 1.29 is 138 Å². The number of allylic oxidation sites excluding steroid dienone is 1. The highest BCUT2D eigenvalue weighted by atomic mass is 16.4. The van der Waals surface area contributed by atoms with Crippen molar-refractivity contribution in [2.24, 2.45) is 10.7 Å². The lowest BCUT2D eigenvalue weighted by molar-refractivity contribution is 0.339. The molecule has 0 saturated heterocycles. The Balaban J connectivity index is 1.46. The number of rotatable bonds is 5. The van der Waals surface area contributed by atoms with Crippen molar-refractivity contribution in [3.05, 3.63) is 11.3 Å². The van der Waals surface area contributed by atoms with Crippen LogP contribution >= 0.6 is 0 Å². The number of phenolic OH excluding ortho intramolecular Hbond substituents is 26. The number of hydrogen-bond acceptors (Lipinski definition) is 28. The molecule has 0 spiro atoms. The third kappa shape index (κ3) is 5.95. The predicted molar refractivity (Wildman–Crippen MR) is 270 cm³/mol. The predicted octanol–water partition coefficient (Wildman–Crippen LogP) is 0.723. The summed E-state index contributed by atoms with van der Waals surface area (Å²) in [6, 6.07) is 0. The lowest BCUT2D eigenvalue weighted by atomic mass is 9.89. The van der Waals surface area contributed by atoms with Crippen LogP contribution in [0, 0.1) is 0 Å². The van der Waals surface area contributed by atoms with Gasteiger partial charge >= 0.3 is 0 Å². The second-order valence-corrected chi connectivity index (χ2v) is 17.5. The summed E-state index contributed by atoms with van der Waals surface area (Å²) in [5.41, 5.74) is -5.65. The molecule has 3 heterocycles. The van der Waals surface area contributed by atoms with Gasteiger partial charge in [0.25, 0.3) is 0 Å². The number of aliphatic hydroxyl groups excluding tert-OH is 1. The molecule has 0 aliphatic carbocycles. The molecule has 0 saturated carbocycles. The average Bonchev–Trinajstić information content (AvgIpc) is 3.76. The zero-order valence-corrected chi connectivity index (χ0v) is 38.8. The molecule has 7 aromatic carbocycles. The number of fused-ring (bicyclic) bond motifs is 9. The minimum atomic E-state index is -1.77. The van der Waals surface area contributed by atoms with Gasteiger partial charge in [-0.05, 0) is 10.9 Å². The zero-order valence-electron chi connectivity index (χ0n) is 38.8. The SMILES string of the molecule is [B]c1c(O)c(O)c2c(c1O)c1c(O)c(O)c([B])c(O)c1n2/C(N=C(N)n1c2c(O)c(O)c(O)c(O)c2c2c(O)c(O)c(O)c(O)c21)=C(\O)Cc1c(O)c(O)c(O)c(O)c1-n1c2c(O)c(O)c(O)c(O)c2c2c(O)c(O)c(O)c(O)c21. The Morgan fingerprint density at radius 1 is 0.312 bits per heavy atom. The van der Waals surface area contributed by atoms with Gasteiger partial charge in [0.2, 0.25) is 63.5 Å². The molecule has 0 fully saturated rings. The second-order valence-electron chi connectivity index (χ2n) is 17.5. The van der Waals surface area contributed by atoms with Crippen molar-refractivity contribution >= 4 is 104 Å². The van der Waals surface area contributed by atoms with Crippen LogP contribution in [0.25, 0.3) is 76.9 Å². The Bertz CT molecular complexity index is 4460. The van der Waals surface area contributed by atoms with Crippen LogP contribution < -0.4 is 16.7 Å². The first-order valence-electron chi connectivity index (χ1n) is 21.6. The summed E-state index contributed by atoms with van der Waals surface area (Å²) in [5, 5.41) is 296. The number of phenols is 26. The van der Waals surface area contributed by atoms with Gasteiger partial charge in [0.15, 0.2) is 86.3 Å². The third-order valence-electron chi connectivity index (χ3n) is 13.4. The number of aliphatic imine (C=N–C) groups is 1. The Labute approximate surface area is 438 Å². The van der Waals surface area contributed by atoms with Crippen LogP contribution in [0.4, 0.5) is 0 Å². The number of nitrogens with zero attached hydrogens (tertiary/aromatic N) is 4. The molecular formula is C46H31B2N5O27. The van der Waals surface area contributed by atoms with Crippen LogP contribution in [0.15, 0.2) is 10.8 Å². The number of benzene rings is 7. The first kappa shape index (κ1) is 51.4. The van der Waals surface area contributed by atoms with E-state index in [-0.39, 0.29) is 13.7 Å². The van der Waals surface area contributed by atoms with E-state index in [0.29, 0.717) is 0 Å². The zero-order chi connectivity index (χ0) is 59.1. The van der Waals surface area contributed by atoms with E-state index in [4.69, 9.17) is 21.4 Å². The fourth-order valence-corrected chi connectivity index (χ4v) is 9.69. The molecule has 10 aromatic rings. The summed E-state index contributed by atoms with van der Waals surface area (Å²) in [6.07, 6.45) is -1.77. The lowest BCUT2D eigenvalue weighted by Crippen LogP contribution is -2.23. The minimum absolute atomic E-state index is 0.145. The van der Waals surface area contributed by atoms with Crippen molar-refractivity contribution in [3.8, 4) is 155 Å². The molecule has 408 valence electrons. The third-order valence-corrected chi connectivity index (χ3v) is 13.4. The molecule has 0 bridgehead atoms. The smallest absolute Gasteiger partial charge is 0.207 e. The maximum Gasteiger partial charge on any atom is 0.207 e. The molecule has 80 heavy (non-hydrogen) atoms. The minimum Gasteiger partial charge on any atom is -0.508 e. The van der Waals surface area contributed by atoms with E-state index in [2.05, 4.69) is 4.99 Å². The average molecular weight is 1110 g/mol. The highest BCUT2D eigenvalue weighted by molar-refractivity contribution is 6.42. The normalized spacial score (nSPS) is 12.6. The summed E-state index contributed by atoms with van der Waals surface area (Å²) >= 11 is 0. The first-order valence-corrected chi connectivity index (χ1v) is 21.6. The molecule has 32 nitrogen and oxygen atoms in total. The molecule has 34 heteroatoms. The number of aliphatic hydroxyl groups is 1. The monoisotopic (exact) mass is 1110 g/mol. The van der Waals surface area contributed by atoms with Crippen LogP contribution in [-0.4, -0.2) is 173 Å². The topological polar surface area (TPSA) is 599 Å². The molecule has 0 atom stereocenters. The molecule has 29 N–H and O–H groups in total. The Morgan fingerprint density at radius 3 is 1.01 bits per heavy atom. The van der Waals surface area contributed by atoms with Gasteiger partial charge in [-0.25, -0.2) is 0 Å². The molecule has 10 rings (SSSR count). The Kier molecular flexibility index (Phi) is 10.4. The Hall–Kier alpha value is -12.1. The molecule has 4 radical (unpaired) electrons. The van der Waals surface area contributed by atoms with Gasteiger partial charge in [-0.2, -0.15) is 4.99 Å². The van der Waals surface area contributed by atoms with Crippen molar-refractivity contribution in [1.82, 2.24) is 13.7 Å². The van der Waals surface area contributed by atoms with E-state index in [1.54, 1.807) is 0 Å². The van der Waals surface area contributed by atoms with Gasteiger partial charge in [-0.15, -0.1) is 0 Å². The molecule has 0 unspecified atom stereocenters. The van der Waals surface area contributed by atoms with Crippen LogP contribution in [0.3, 0.4) is 0 Å². The maximum atomic E-state index is 12.8. The van der Waals surface area contributed by atoms with Crippen LogP contribution in [0.1, 0.15) is 5.56 Å². The lowest BCUT2D eigenvalue weighted by Gasteiger charge is -2.21. The first-order chi connectivity index (χ1) is 37.3. The quantitative estimate of drug-likeness (QED) is 0.0282. The van der Waals surface area contributed by atoms with Crippen LogP contribution in [0.5, 0.6) is 149 Å². The van der Waals surface area contributed by atoms with Crippen LogP contribution in [-0.2, 0) is 6.42 Å². The van der Waals surface area contributed by atoms with Gasteiger partial charge < -0.3 is 144 Å². The van der Waals surface area contributed by atoms with Gasteiger partial charge in [-0.3, -0.25) is 13.7 Å². The van der Waals surface area contributed by atoms with Crippen molar-refractivity contribution in [3.63, 3.8) is 0 Å². The van der Waals surface area contributed by atoms with Gasteiger partial charge in [-0.1, -0.05) is 0 Å². The van der Waals surface area contributed by atoms with E-state index in [9.17, 15) is 138 Å². The van der Waals surface area contributed by atoms with E-state index >= 15 is 0 Å². The number of hydrogen-bond donors (Lipinski definition) is 28. The summed E-state index contributed by atoms with van der Waals surface area (Å²) < 4.78 is 0.492. The molecule has 3 aromatic heterocycles. The Morgan fingerprint density at radius 2 is 0.588 bits per heavy atom. The number of aromatic hydroxyl groups is 26. The van der Waals surface area contributed by atoms with Crippen molar-refractivity contribution in [1.29, 1.82) is 0 Å². The number of nitrogens with two attached hydrogens (primary N) is 1. The summed E-state index contributed by atoms with van der Waals surface area (Å²) in [5.74, 6) is -45.4. The second kappa shape index (κ2) is 16.2. The summed E-state index contributed by atoms with van der Waals surface area (Å²) in [7, 11) is 11.8. The fourth-order valence-electron chi connectivity index (χ4n) is 9.69. The van der Waals surface area contributed by atoms with Crippen molar-refractivity contribution in [2.75, 3.05) is 0 Å². The summed E-state index contributed by atoms with van der Waals surface area (Å²) in [6.45, 7) is 0. The molecule has 0 aliphatic heterocycles. The van der Waals surface area contributed by atoms with E-state index in [0.717, 1.165) is 0 Å². The van der Waals surface area contributed by atoms with E-state index < -0.39 is 261 Å². The van der Waals surface area contributed by atoms with Gasteiger partial charge in [0.1, 0.15) is 71.7 Å². The maximum absolute atomic E-state index is 12.8. The highest BCUT2D eigenvalue weighted by Crippen LogP contribution is 2.63. The van der Waals surface area contributed by atoms with E-state index in [1.165, 1.54) is 0 Å². The van der Waals surface area contributed by atoms with Crippen LogP contribution in [0.2, 0.25) is 0 Å². The van der Waals surface area contributed by atoms with Gasteiger partial charge in [0.05, 0.1) is 32.3 Å². The van der Waals surface area contributed by atoms with Gasteiger partial charge in [0, 0.05) is 12.0 Å². The molecular weight excluding hydrogens is 1080 g/mol. The largest absolute Gasteiger partial charge is 0.508 e. The molecule has 0 amide bonds. The summed E-state index contributed by atoms with van der Waals surface area (Å²) in [4.78, 5) is 4.07. The van der Waals surface area contributed by atoms with Crippen molar-refractivity contribution in [2.45, 2.75) is 6.42 Å². The standard InChI is InChI=1S/C46H31B2N5O27/c47-10-20(56)4-5-13(26(62)11(48)27(63)21(5)57)52(16(4)30(66)28(10)64)45(50-46(49)53-17-8(24(60)38(74)43(79)33(17)69)9-18(53)34(70)44(80)39(75)25(9)61)3(54)1-2-12(29(65)40(76)35(71)19(2)55)51-14-6(22(58)36(72)41(77)31(14)67)7-15(51)32(68)42(78)37(73)23(7)59/h54-80H,1H2,(H2,49,50)/b45-3-. The molecule has 0 aliphatic rings.